The lowest BCUT2D eigenvalue weighted by Crippen LogP contribution is -2.22. The van der Waals surface area contributed by atoms with Crippen LogP contribution in [0.25, 0.3) is 0 Å². The molecule has 0 spiro atoms. The van der Waals surface area contributed by atoms with Gasteiger partial charge in [-0.15, -0.1) is 11.8 Å². The summed E-state index contributed by atoms with van der Waals surface area (Å²) in [5, 5.41) is 1.10. The molecule has 0 radical (unpaired) electrons. The molecule has 3 rings (SSSR count). The minimum atomic E-state index is 0.526. The van der Waals surface area contributed by atoms with E-state index in [-0.39, 0.29) is 0 Å². The van der Waals surface area contributed by atoms with E-state index in [0.29, 0.717) is 6.04 Å². The molecule has 0 saturated carbocycles. The molecule has 104 valence electrons. The summed E-state index contributed by atoms with van der Waals surface area (Å²) in [4.78, 5) is 7.09. The fraction of sp³-hybridized carbons (Fsp3) is 0.353. The summed E-state index contributed by atoms with van der Waals surface area (Å²) >= 11 is 1.70. The third-order valence-electron chi connectivity index (χ3n) is 3.95. The van der Waals surface area contributed by atoms with Crippen LogP contribution in [0.3, 0.4) is 0 Å². The van der Waals surface area contributed by atoms with Gasteiger partial charge in [-0.25, -0.2) is 4.98 Å². The summed E-state index contributed by atoms with van der Waals surface area (Å²) in [6, 6.07) is 15.7. The van der Waals surface area contributed by atoms with Gasteiger partial charge in [-0.3, -0.25) is 4.90 Å². The molecular formula is C17H20N2S. The molecule has 2 aromatic rings. The van der Waals surface area contributed by atoms with Gasteiger partial charge in [0.1, 0.15) is 0 Å². The van der Waals surface area contributed by atoms with Crippen LogP contribution in [0.5, 0.6) is 0 Å². The fourth-order valence-corrected chi connectivity index (χ4v) is 3.28. The van der Waals surface area contributed by atoms with E-state index >= 15 is 0 Å². The summed E-state index contributed by atoms with van der Waals surface area (Å²) < 4.78 is 0. The van der Waals surface area contributed by atoms with Crippen LogP contribution in [0.15, 0.2) is 53.7 Å². The smallest absolute Gasteiger partial charge is 0.0957 e. The zero-order chi connectivity index (χ0) is 13.8. The number of hydrogen-bond acceptors (Lipinski definition) is 3. The van der Waals surface area contributed by atoms with Crippen molar-refractivity contribution in [2.45, 2.75) is 30.5 Å². The van der Waals surface area contributed by atoms with E-state index in [1.807, 2.05) is 0 Å². The number of hydrogen-bond donors (Lipinski definition) is 0. The normalized spacial score (nSPS) is 19.4. The Morgan fingerprint density at radius 3 is 2.75 bits per heavy atom. The number of benzene rings is 1. The summed E-state index contributed by atoms with van der Waals surface area (Å²) in [5.74, 6) is 0. The summed E-state index contributed by atoms with van der Waals surface area (Å²) in [6.45, 7) is 2.22. The highest BCUT2D eigenvalue weighted by molar-refractivity contribution is 7.98. The molecule has 1 atom stereocenters. The molecule has 3 heteroatoms. The minimum Gasteiger partial charge on any atom is -0.292 e. The van der Waals surface area contributed by atoms with Crippen LogP contribution in [0.4, 0.5) is 0 Å². The van der Waals surface area contributed by atoms with Crippen molar-refractivity contribution in [1.29, 1.82) is 0 Å². The van der Waals surface area contributed by atoms with Crippen molar-refractivity contribution in [1.82, 2.24) is 9.88 Å². The maximum absolute atomic E-state index is 4.52. The zero-order valence-electron chi connectivity index (χ0n) is 11.8. The lowest BCUT2D eigenvalue weighted by molar-refractivity contribution is 0.248. The maximum Gasteiger partial charge on any atom is 0.0957 e. The van der Waals surface area contributed by atoms with Gasteiger partial charge in [0, 0.05) is 18.8 Å². The number of rotatable bonds is 4. The van der Waals surface area contributed by atoms with Crippen molar-refractivity contribution in [3.8, 4) is 0 Å². The van der Waals surface area contributed by atoms with Gasteiger partial charge in [0.15, 0.2) is 0 Å². The summed E-state index contributed by atoms with van der Waals surface area (Å²) in [7, 11) is 0. The number of thioether (sulfide) groups is 1. The van der Waals surface area contributed by atoms with Crippen LogP contribution >= 0.6 is 11.8 Å². The molecular weight excluding hydrogens is 264 g/mol. The largest absolute Gasteiger partial charge is 0.292 e. The van der Waals surface area contributed by atoms with Crippen molar-refractivity contribution in [3.05, 3.63) is 59.8 Å². The second-order valence-electron chi connectivity index (χ2n) is 5.25. The molecule has 1 aliphatic heterocycles. The van der Waals surface area contributed by atoms with E-state index < -0.39 is 0 Å². The highest BCUT2D eigenvalue weighted by Crippen LogP contribution is 2.33. The van der Waals surface area contributed by atoms with Gasteiger partial charge in [-0.1, -0.05) is 36.4 Å². The van der Waals surface area contributed by atoms with E-state index in [2.05, 4.69) is 64.8 Å². The highest BCUT2D eigenvalue weighted by Gasteiger charge is 2.26. The van der Waals surface area contributed by atoms with Gasteiger partial charge in [0.2, 0.25) is 0 Å². The highest BCUT2D eigenvalue weighted by atomic mass is 32.2. The lowest BCUT2D eigenvalue weighted by atomic mass is 10.1. The first-order valence-corrected chi connectivity index (χ1v) is 8.37. The van der Waals surface area contributed by atoms with E-state index in [0.717, 1.165) is 11.6 Å². The standard InChI is InChI=1S/C17H20N2S/c1-20-17-10-9-15(12-18-17)16-8-5-11-19(16)13-14-6-3-2-4-7-14/h2-4,6-7,9-10,12,16H,5,8,11,13H2,1H3/t16-/m0/s1. The van der Waals surface area contributed by atoms with Crippen molar-refractivity contribution in [3.63, 3.8) is 0 Å². The SMILES string of the molecule is CSc1ccc([C@@H]2CCCN2Cc2ccccc2)cn1. The van der Waals surface area contributed by atoms with Gasteiger partial charge in [0.25, 0.3) is 0 Å². The Balaban J connectivity index is 1.74. The topological polar surface area (TPSA) is 16.1 Å². The average molecular weight is 284 g/mol. The maximum atomic E-state index is 4.52. The Bertz CT molecular complexity index is 539. The Kier molecular flexibility index (Phi) is 4.38. The predicted octanol–water partition coefficient (Wildman–Crippen LogP) is 4.14. The molecule has 1 aromatic heterocycles. The monoisotopic (exact) mass is 284 g/mol. The van der Waals surface area contributed by atoms with Gasteiger partial charge in [0.05, 0.1) is 5.03 Å². The molecule has 1 aliphatic rings. The number of pyridine rings is 1. The summed E-state index contributed by atoms with van der Waals surface area (Å²) in [6.07, 6.45) is 6.65. The van der Waals surface area contributed by atoms with E-state index in [4.69, 9.17) is 0 Å². The number of nitrogens with zero attached hydrogens (tertiary/aromatic N) is 2. The Morgan fingerprint density at radius 1 is 1.20 bits per heavy atom. The first kappa shape index (κ1) is 13.7. The quantitative estimate of drug-likeness (QED) is 0.785. The Morgan fingerprint density at radius 2 is 2.05 bits per heavy atom. The number of likely N-dealkylation sites (tertiary alicyclic amines) is 1. The molecule has 0 aliphatic carbocycles. The second kappa shape index (κ2) is 6.42. The third-order valence-corrected chi connectivity index (χ3v) is 4.61. The van der Waals surface area contributed by atoms with Crippen LogP contribution in [-0.4, -0.2) is 22.7 Å². The Labute approximate surface area is 125 Å². The molecule has 0 amide bonds. The molecule has 2 heterocycles. The van der Waals surface area contributed by atoms with E-state index in [1.54, 1.807) is 11.8 Å². The molecule has 2 nitrogen and oxygen atoms in total. The first-order chi connectivity index (χ1) is 9.86. The van der Waals surface area contributed by atoms with Gasteiger partial charge in [-0.05, 0) is 42.8 Å². The van der Waals surface area contributed by atoms with Crippen LogP contribution in [-0.2, 0) is 6.54 Å². The van der Waals surface area contributed by atoms with Crippen molar-refractivity contribution >= 4 is 11.8 Å². The van der Waals surface area contributed by atoms with Crippen LogP contribution in [0.2, 0.25) is 0 Å². The van der Waals surface area contributed by atoms with Crippen LogP contribution < -0.4 is 0 Å². The minimum absolute atomic E-state index is 0.526. The van der Waals surface area contributed by atoms with Crippen molar-refractivity contribution < 1.29 is 0 Å². The van der Waals surface area contributed by atoms with E-state index in [1.165, 1.54) is 30.5 Å². The van der Waals surface area contributed by atoms with Gasteiger partial charge < -0.3 is 0 Å². The molecule has 0 unspecified atom stereocenters. The lowest BCUT2D eigenvalue weighted by Gasteiger charge is -2.24. The predicted molar refractivity (Wildman–Crippen MR) is 84.8 cm³/mol. The van der Waals surface area contributed by atoms with Crippen LogP contribution in [0.1, 0.15) is 30.0 Å². The zero-order valence-corrected chi connectivity index (χ0v) is 12.6. The van der Waals surface area contributed by atoms with E-state index in [9.17, 15) is 0 Å². The van der Waals surface area contributed by atoms with Gasteiger partial charge in [-0.2, -0.15) is 0 Å². The van der Waals surface area contributed by atoms with Crippen molar-refractivity contribution in [2.24, 2.45) is 0 Å². The molecule has 1 fully saturated rings. The first-order valence-electron chi connectivity index (χ1n) is 7.15. The molecule has 1 saturated heterocycles. The van der Waals surface area contributed by atoms with Gasteiger partial charge >= 0.3 is 0 Å². The molecule has 20 heavy (non-hydrogen) atoms. The van der Waals surface area contributed by atoms with Crippen molar-refractivity contribution in [2.75, 3.05) is 12.8 Å². The third kappa shape index (κ3) is 3.05. The fourth-order valence-electron chi connectivity index (χ4n) is 2.92. The number of aromatic nitrogens is 1. The molecule has 0 N–H and O–H groups in total. The second-order valence-corrected chi connectivity index (χ2v) is 6.07. The average Bonchev–Trinajstić information content (AvgIpc) is 2.96. The Hall–Kier alpha value is -1.32. The molecule has 0 bridgehead atoms. The van der Waals surface area contributed by atoms with Crippen LogP contribution in [0, 0.1) is 0 Å². The summed E-state index contributed by atoms with van der Waals surface area (Å²) in [5.41, 5.74) is 2.75. The molecule has 1 aromatic carbocycles.